The highest BCUT2D eigenvalue weighted by molar-refractivity contribution is 5.92. The zero-order chi connectivity index (χ0) is 11.0. The van der Waals surface area contributed by atoms with E-state index in [1.54, 1.807) is 0 Å². The number of nitrogens with one attached hydrogen (secondary N) is 1. The number of unbranched alkanes of at least 4 members (excludes halogenated alkanes) is 1. The van der Waals surface area contributed by atoms with Crippen LogP contribution in [0.15, 0.2) is 11.8 Å². The van der Waals surface area contributed by atoms with Crippen LogP contribution in [0.5, 0.6) is 0 Å². The largest absolute Gasteiger partial charge is 0.477 e. The smallest absolute Gasteiger partial charge is 0.352 e. The monoisotopic (exact) mass is 199 g/mol. The van der Waals surface area contributed by atoms with Crippen molar-refractivity contribution in [3.63, 3.8) is 0 Å². The maximum absolute atomic E-state index is 11.2. The third-order valence-corrected chi connectivity index (χ3v) is 1.67. The van der Waals surface area contributed by atoms with Gasteiger partial charge in [0.1, 0.15) is 5.70 Å². The van der Waals surface area contributed by atoms with Crippen molar-refractivity contribution in [1.29, 1.82) is 0 Å². The Morgan fingerprint density at radius 2 is 2.00 bits per heavy atom. The first kappa shape index (κ1) is 12.7. The van der Waals surface area contributed by atoms with Crippen molar-refractivity contribution >= 4 is 11.9 Å². The Hall–Kier alpha value is -1.32. The van der Waals surface area contributed by atoms with E-state index in [9.17, 15) is 9.59 Å². The fraction of sp³-hybridized carbons (Fsp3) is 0.600. The van der Waals surface area contributed by atoms with E-state index in [1.807, 2.05) is 13.8 Å². The Kier molecular flexibility index (Phi) is 6.45. The highest BCUT2D eigenvalue weighted by Crippen LogP contribution is 1.97. The van der Waals surface area contributed by atoms with E-state index < -0.39 is 5.97 Å². The van der Waals surface area contributed by atoms with E-state index in [0.29, 0.717) is 12.8 Å². The lowest BCUT2D eigenvalue weighted by Crippen LogP contribution is -2.26. The molecule has 0 bridgehead atoms. The van der Waals surface area contributed by atoms with Gasteiger partial charge in [-0.05, 0) is 12.8 Å². The summed E-state index contributed by atoms with van der Waals surface area (Å²) >= 11 is 0. The lowest BCUT2D eigenvalue weighted by atomic mass is 10.2. The molecule has 0 saturated carbocycles. The van der Waals surface area contributed by atoms with Crippen LogP contribution in [0.25, 0.3) is 0 Å². The SMILES string of the molecule is CCC=C(NC(=O)CCCC)C(=O)O. The Morgan fingerprint density at radius 1 is 1.36 bits per heavy atom. The molecule has 0 spiro atoms. The molecule has 0 aliphatic heterocycles. The number of rotatable bonds is 6. The van der Waals surface area contributed by atoms with Crippen molar-refractivity contribution in [2.45, 2.75) is 39.5 Å². The molecule has 0 radical (unpaired) electrons. The van der Waals surface area contributed by atoms with Crippen LogP contribution in [-0.2, 0) is 9.59 Å². The number of amides is 1. The molecule has 80 valence electrons. The third-order valence-electron chi connectivity index (χ3n) is 1.67. The lowest BCUT2D eigenvalue weighted by Gasteiger charge is -2.04. The number of carboxylic acids is 1. The van der Waals surface area contributed by atoms with Crippen LogP contribution < -0.4 is 5.32 Å². The minimum absolute atomic E-state index is 0.0198. The first-order chi connectivity index (χ1) is 6.61. The van der Waals surface area contributed by atoms with Crippen molar-refractivity contribution in [3.05, 3.63) is 11.8 Å². The zero-order valence-electron chi connectivity index (χ0n) is 8.67. The van der Waals surface area contributed by atoms with Crippen LogP contribution >= 0.6 is 0 Å². The second-order valence-electron chi connectivity index (χ2n) is 2.98. The average Bonchev–Trinajstić information content (AvgIpc) is 2.14. The van der Waals surface area contributed by atoms with Gasteiger partial charge >= 0.3 is 5.97 Å². The molecular weight excluding hydrogens is 182 g/mol. The molecule has 14 heavy (non-hydrogen) atoms. The molecule has 4 nitrogen and oxygen atoms in total. The van der Waals surface area contributed by atoms with Gasteiger partial charge in [0.05, 0.1) is 0 Å². The first-order valence-corrected chi connectivity index (χ1v) is 4.85. The van der Waals surface area contributed by atoms with Crippen molar-refractivity contribution in [2.75, 3.05) is 0 Å². The molecule has 0 aromatic carbocycles. The van der Waals surface area contributed by atoms with Gasteiger partial charge in [-0.3, -0.25) is 4.79 Å². The Bertz CT molecular complexity index is 234. The second-order valence-corrected chi connectivity index (χ2v) is 2.98. The minimum Gasteiger partial charge on any atom is -0.477 e. The summed E-state index contributed by atoms with van der Waals surface area (Å²) in [7, 11) is 0. The summed E-state index contributed by atoms with van der Waals surface area (Å²) in [6.45, 7) is 3.80. The highest BCUT2D eigenvalue weighted by atomic mass is 16.4. The summed E-state index contributed by atoms with van der Waals surface area (Å²) in [6.07, 6.45) is 4.17. The molecule has 0 fully saturated rings. The number of carboxylic acid groups (broad SMARTS) is 1. The third kappa shape index (κ3) is 5.35. The molecule has 0 saturated heterocycles. The second kappa shape index (κ2) is 7.12. The topological polar surface area (TPSA) is 66.4 Å². The summed E-state index contributed by atoms with van der Waals surface area (Å²) < 4.78 is 0. The summed E-state index contributed by atoms with van der Waals surface area (Å²) in [5, 5.41) is 11.1. The predicted molar refractivity (Wildman–Crippen MR) is 53.7 cm³/mol. The van der Waals surface area contributed by atoms with Gasteiger partial charge < -0.3 is 10.4 Å². The first-order valence-electron chi connectivity index (χ1n) is 4.85. The van der Waals surface area contributed by atoms with Gasteiger partial charge in [0, 0.05) is 6.42 Å². The van der Waals surface area contributed by atoms with Crippen LogP contribution in [0.3, 0.4) is 0 Å². The maximum atomic E-state index is 11.2. The number of hydrogen-bond acceptors (Lipinski definition) is 2. The van der Waals surface area contributed by atoms with E-state index in [0.717, 1.165) is 12.8 Å². The van der Waals surface area contributed by atoms with Crippen LogP contribution in [-0.4, -0.2) is 17.0 Å². The fourth-order valence-electron chi connectivity index (χ4n) is 0.946. The number of carbonyl (C=O) groups excluding carboxylic acids is 1. The minimum atomic E-state index is -1.09. The van der Waals surface area contributed by atoms with Crippen LogP contribution in [0, 0.1) is 0 Å². The van der Waals surface area contributed by atoms with Gasteiger partial charge in [0.25, 0.3) is 0 Å². The van der Waals surface area contributed by atoms with Crippen LogP contribution in [0.1, 0.15) is 39.5 Å². The molecule has 0 aromatic heterocycles. The molecule has 0 aliphatic rings. The van der Waals surface area contributed by atoms with Crippen molar-refractivity contribution in [3.8, 4) is 0 Å². The molecular formula is C10H17NO3. The fourth-order valence-corrected chi connectivity index (χ4v) is 0.946. The summed E-state index contributed by atoms with van der Waals surface area (Å²) in [4.78, 5) is 21.8. The standard InChI is InChI=1S/C10H17NO3/c1-3-5-7-9(12)11-8(6-4-2)10(13)14/h6H,3-5,7H2,1-2H3,(H,11,12)(H,13,14). The normalized spacial score (nSPS) is 11.1. The quantitative estimate of drug-likeness (QED) is 0.639. The van der Waals surface area contributed by atoms with Gasteiger partial charge in [-0.25, -0.2) is 4.79 Å². The summed E-state index contributed by atoms with van der Waals surface area (Å²) in [5.41, 5.74) is -0.0198. The van der Waals surface area contributed by atoms with Crippen molar-refractivity contribution in [2.24, 2.45) is 0 Å². The average molecular weight is 199 g/mol. The Morgan fingerprint density at radius 3 is 2.43 bits per heavy atom. The highest BCUT2D eigenvalue weighted by Gasteiger charge is 2.09. The maximum Gasteiger partial charge on any atom is 0.352 e. The summed E-state index contributed by atoms with van der Waals surface area (Å²) in [6, 6.07) is 0. The van der Waals surface area contributed by atoms with Crippen molar-refractivity contribution < 1.29 is 14.7 Å². The van der Waals surface area contributed by atoms with E-state index in [4.69, 9.17) is 5.11 Å². The molecule has 1 amide bonds. The Balaban J connectivity index is 4.11. The number of aliphatic carboxylic acids is 1. The van der Waals surface area contributed by atoms with Gasteiger partial charge in [0.2, 0.25) is 5.91 Å². The van der Waals surface area contributed by atoms with E-state index in [2.05, 4.69) is 5.32 Å². The molecule has 0 heterocycles. The molecule has 0 rings (SSSR count). The van der Waals surface area contributed by atoms with E-state index in [1.165, 1.54) is 6.08 Å². The number of carbonyl (C=O) groups is 2. The molecule has 2 N–H and O–H groups in total. The van der Waals surface area contributed by atoms with Gasteiger partial charge in [0.15, 0.2) is 0 Å². The predicted octanol–water partition coefficient (Wildman–Crippen LogP) is 1.67. The molecule has 0 unspecified atom stereocenters. The van der Waals surface area contributed by atoms with Gasteiger partial charge in [-0.2, -0.15) is 0 Å². The zero-order valence-corrected chi connectivity index (χ0v) is 8.67. The molecule has 4 heteroatoms. The molecule has 0 aromatic rings. The Labute approximate surface area is 84.0 Å². The number of hydrogen-bond donors (Lipinski definition) is 2. The van der Waals surface area contributed by atoms with Gasteiger partial charge in [-0.15, -0.1) is 0 Å². The van der Waals surface area contributed by atoms with Crippen LogP contribution in [0.2, 0.25) is 0 Å². The molecule has 0 aliphatic carbocycles. The lowest BCUT2D eigenvalue weighted by molar-refractivity contribution is -0.134. The summed E-state index contributed by atoms with van der Waals surface area (Å²) in [5.74, 6) is -1.31. The van der Waals surface area contributed by atoms with Gasteiger partial charge in [-0.1, -0.05) is 26.3 Å². The number of allylic oxidation sites excluding steroid dienone is 1. The van der Waals surface area contributed by atoms with Crippen molar-refractivity contribution in [1.82, 2.24) is 5.32 Å². The molecule has 0 atom stereocenters. The van der Waals surface area contributed by atoms with E-state index >= 15 is 0 Å². The van der Waals surface area contributed by atoms with Crippen LogP contribution in [0.4, 0.5) is 0 Å². The van der Waals surface area contributed by atoms with E-state index in [-0.39, 0.29) is 11.6 Å².